The van der Waals surface area contributed by atoms with Gasteiger partial charge in [0, 0.05) is 6.42 Å². The number of carbonyl (C=O) groups is 1. The zero-order chi connectivity index (χ0) is 16.7. The zero-order valence-electron chi connectivity index (χ0n) is 11.8. The molecular weight excluding hydrogens is 343 g/mol. The monoisotopic (exact) mass is 352 g/mol. The average molecular weight is 353 g/mol. The Morgan fingerprint density at radius 1 is 1.48 bits per heavy atom. The summed E-state index contributed by atoms with van der Waals surface area (Å²) >= 11 is 6.59. The lowest BCUT2D eigenvalue weighted by atomic mass is 10.1. The Morgan fingerprint density at radius 3 is 2.87 bits per heavy atom. The molecule has 8 heteroatoms. The van der Waals surface area contributed by atoms with E-state index in [4.69, 9.17) is 16.7 Å². The molecule has 0 aliphatic carbocycles. The number of nitrogens with one attached hydrogen (secondary N) is 1. The predicted octanol–water partition coefficient (Wildman–Crippen LogP) is 3.37. The number of nitrogens with zero attached hydrogens (tertiary/aromatic N) is 1. The summed E-state index contributed by atoms with van der Waals surface area (Å²) in [5.74, 6) is -1.30. The number of carboxylic acids is 1. The minimum atomic E-state index is -1.09. The summed E-state index contributed by atoms with van der Waals surface area (Å²) in [5.41, 5.74) is 0.595. The van der Waals surface area contributed by atoms with Gasteiger partial charge in [0.1, 0.15) is 21.3 Å². The zero-order valence-corrected chi connectivity index (χ0v) is 13.4. The van der Waals surface area contributed by atoms with Gasteiger partial charge in [-0.25, -0.2) is 14.2 Å². The molecule has 0 aliphatic heterocycles. The highest BCUT2D eigenvalue weighted by Crippen LogP contribution is 2.27. The maximum atomic E-state index is 13.5. The average Bonchev–Trinajstić information content (AvgIpc) is 2.80. The fraction of sp³-hybridized carbons (Fsp3) is 0.133. The summed E-state index contributed by atoms with van der Waals surface area (Å²) in [6.45, 7) is 1.58. The number of H-pyrrole nitrogens is 1. The van der Waals surface area contributed by atoms with Crippen LogP contribution in [0.5, 0.6) is 0 Å². The van der Waals surface area contributed by atoms with Crippen LogP contribution in [0.1, 0.15) is 26.6 Å². The molecule has 2 aromatic heterocycles. The summed E-state index contributed by atoms with van der Waals surface area (Å²) in [6.07, 6.45) is 0.207. The second kappa shape index (κ2) is 5.75. The van der Waals surface area contributed by atoms with Crippen LogP contribution in [0.2, 0.25) is 5.02 Å². The fourth-order valence-electron chi connectivity index (χ4n) is 2.32. The number of aromatic carboxylic acids is 1. The first kappa shape index (κ1) is 15.6. The van der Waals surface area contributed by atoms with Gasteiger partial charge < -0.3 is 10.1 Å². The van der Waals surface area contributed by atoms with Crippen molar-refractivity contribution in [3.05, 3.63) is 61.2 Å². The van der Waals surface area contributed by atoms with Crippen LogP contribution in [0.25, 0.3) is 10.2 Å². The van der Waals surface area contributed by atoms with Gasteiger partial charge in [-0.2, -0.15) is 0 Å². The van der Waals surface area contributed by atoms with Gasteiger partial charge in [-0.1, -0.05) is 17.7 Å². The highest BCUT2D eigenvalue weighted by Gasteiger charge is 2.18. The van der Waals surface area contributed by atoms with Crippen molar-refractivity contribution in [2.45, 2.75) is 13.3 Å². The summed E-state index contributed by atoms with van der Waals surface area (Å²) in [7, 11) is 0. The Balaban J connectivity index is 2.07. The number of hydrogen-bond acceptors (Lipinski definition) is 4. The van der Waals surface area contributed by atoms with Crippen LogP contribution < -0.4 is 5.56 Å². The molecule has 0 amide bonds. The van der Waals surface area contributed by atoms with Crippen molar-refractivity contribution in [3.63, 3.8) is 0 Å². The lowest BCUT2D eigenvalue weighted by Gasteiger charge is -2.03. The topological polar surface area (TPSA) is 83.0 Å². The molecular formula is C15H10ClFN2O3S. The molecule has 2 heterocycles. The van der Waals surface area contributed by atoms with Crippen LogP contribution in [0, 0.1) is 12.7 Å². The maximum absolute atomic E-state index is 13.5. The minimum Gasteiger partial charge on any atom is -0.477 e. The first-order valence-corrected chi connectivity index (χ1v) is 7.75. The standard InChI is InChI=1S/C15H10ClFN2O3S/c1-6-11-13(20)18-10(19-14(11)23-12(6)15(21)22)5-7-2-3-8(16)9(17)4-7/h2-4H,5H2,1H3,(H,21,22)(H,18,19,20). The molecule has 0 atom stereocenters. The van der Waals surface area contributed by atoms with Crippen molar-refractivity contribution >= 4 is 39.1 Å². The van der Waals surface area contributed by atoms with E-state index in [1.165, 1.54) is 12.1 Å². The molecule has 0 bridgehead atoms. The minimum absolute atomic E-state index is 0.0191. The molecule has 0 saturated carbocycles. The highest BCUT2D eigenvalue weighted by molar-refractivity contribution is 7.20. The highest BCUT2D eigenvalue weighted by atomic mass is 35.5. The van der Waals surface area contributed by atoms with Crippen LogP contribution in [0.3, 0.4) is 0 Å². The van der Waals surface area contributed by atoms with E-state index in [0.717, 1.165) is 11.3 Å². The predicted molar refractivity (Wildman–Crippen MR) is 86.2 cm³/mol. The van der Waals surface area contributed by atoms with Crippen LogP contribution >= 0.6 is 22.9 Å². The number of halogens is 2. The molecule has 1 aromatic carbocycles. The van der Waals surface area contributed by atoms with Crippen LogP contribution in [-0.4, -0.2) is 21.0 Å². The lowest BCUT2D eigenvalue weighted by molar-refractivity contribution is 0.0701. The number of fused-ring (bicyclic) bond motifs is 1. The van der Waals surface area contributed by atoms with Gasteiger partial charge >= 0.3 is 5.97 Å². The number of hydrogen-bond donors (Lipinski definition) is 2. The lowest BCUT2D eigenvalue weighted by Crippen LogP contribution is -2.12. The second-order valence-corrected chi connectivity index (χ2v) is 6.39. The van der Waals surface area contributed by atoms with Crippen LogP contribution in [0.4, 0.5) is 4.39 Å². The Kier molecular flexibility index (Phi) is 3.91. The molecule has 5 nitrogen and oxygen atoms in total. The quantitative estimate of drug-likeness (QED) is 0.757. The SMILES string of the molecule is Cc1c(C(=O)O)sc2nc(Cc3ccc(Cl)c(F)c3)[nH]c(=O)c12. The van der Waals surface area contributed by atoms with Gasteiger partial charge in [0.15, 0.2) is 0 Å². The maximum Gasteiger partial charge on any atom is 0.346 e. The summed E-state index contributed by atoms with van der Waals surface area (Å²) in [5, 5.41) is 9.43. The van der Waals surface area contributed by atoms with Gasteiger partial charge in [-0.05, 0) is 30.2 Å². The smallest absolute Gasteiger partial charge is 0.346 e. The molecule has 118 valence electrons. The van der Waals surface area contributed by atoms with Gasteiger partial charge in [0.2, 0.25) is 0 Å². The number of aryl methyl sites for hydroxylation is 1. The third-order valence-corrected chi connectivity index (χ3v) is 4.88. The van der Waals surface area contributed by atoms with Crippen LogP contribution in [0.15, 0.2) is 23.0 Å². The van der Waals surface area contributed by atoms with E-state index in [1.807, 2.05) is 0 Å². The van der Waals surface area contributed by atoms with Crippen molar-refractivity contribution in [2.75, 3.05) is 0 Å². The summed E-state index contributed by atoms with van der Waals surface area (Å²) in [6, 6.07) is 4.34. The number of carboxylic acid groups (broad SMARTS) is 1. The van der Waals surface area contributed by atoms with E-state index >= 15 is 0 Å². The van der Waals surface area contributed by atoms with Gasteiger partial charge in [-0.3, -0.25) is 4.79 Å². The third-order valence-electron chi connectivity index (χ3n) is 3.40. The molecule has 23 heavy (non-hydrogen) atoms. The van der Waals surface area contributed by atoms with E-state index < -0.39 is 17.3 Å². The largest absolute Gasteiger partial charge is 0.477 e. The summed E-state index contributed by atoms with van der Waals surface area (Å²) < 4.78 is 13.5. The molecule has 0 fully saturated rings. The molecule has 0 radical (unpaired) electrons. The van der Waals surface area contributed by atoms with Crippen molar-refractivity contribution in [1.82, 2.24) is 9.97 Å². The Morgan fingerprint density at radius 2 is 2.22 bits per heavy atom. The first-order chi connectivity index (χ1) is 10.9. The van der Waals surface area contributed by atoms with Crippen molar-refractivity contribution in [3.8, 4) is 0 Å². The Labute approximate surface area is 138 Å². The van der Waals surface area contributed by atoms with Gasteiger partial charge in [0.05, 0.1) is 10.4 Å². The molecule has 0 spiro atoms. The van der Waals surface area contributed by atoms with E-state index in [0.29, 0.717) is 21.8 Å². The Bertz CT molecular complexity index is 996. The number of benzene rings is 1. The number of aromatic nitrogens is 2. The van der Waals surface area contributed by atoms with Gasteiger partial charge in [0.25, 0.3) is 5.56 Å². The van der Waals surface area contributed by atoms with E-state index in [9.17, 15) is 14.0 Å². The molecule has 0 aliphatic rings. The molecule has 0 saturated heterocycles. The van der Waals surface area contributed by atoms with Gasteiger partial charge in [-0.15, -0.1) is 11.3 Å². The number of aromatic amines is 1. The Hall–Kier alpha value is -2.25. The van der Waals surface area contributed by atoms with E-state index in [-0.39, 0.29) is 21.7 Å². The molecule has 2 N–H and O–H groups in total. The molecule has 3 rings (SSSR count). The van der Waals surface area contributed by atoms with E-state index in [1.54, 1.807) is 13.0 Å². The van der Waals surface area contributed by atoms with Crippen LogP contribution in [-0.2, 0) is 6.42 Å². The fourth-order valence-corrected chi connectivity index (χ4v) is 3.48. The molecule has 0 unspecified atom stereocenters. The third kappa shape index (κ3) is 2.85. The molecule has 3 aromatic rings. The van der Waals surface area contributed by atoms with Crippen molar-refractivity contribution in [1.29, 1.82) is 0 Å². The van der Waals surface area contributed by atoms with Crippen molar-refractivity contribution in [2.24, 2.45) is 0 Å². The van der Waals surface area contributed by atoms with Crippen molar-refractivity contribution < 1.29 is 14.3 Å². The normalized spacial score (nSPS) is 11.1. The first-order valence-electron chi connectivity index (χ1n) is 6.56. The van der Waals surface area contributed by atoms with E-state index in [2.05, 4.69) is 9.97 Å². The number of rotatable bonds is 3. The second-order valence-electron chi connectivity index (χ2n) is 4.98. The number of thiophene rings is 1. The summed E-state index contributed by atoms with van der Waals surface area (Å²) in [4.78, 5) is 30.7.